The van der Waals surface area contributed by atoms with E-state index >= 15 is 0 Å². The molecule has 0 saturated carbocycles. The van der Waals surface area contributed by atoms with Gasteiger partial charge in [-0.05, 0) is 42.5 Å². The fourth-order valence-electron chi connectivity index (χ4n) is 3.55. The van der Waals surface area contributed by atoms with Gasteiger partial charge < -0.3 is 14.0 Å². The maximum absolute atomic E-state index is 13.9. The number of rotatable bonds is 8. The standard InChI is InChI=1S/C23H21FN4O5/c1-32-11-10-27-22(30)20-21(28(23(27)31)17-5-3-4-16(24)12-17)25-14-26(20)13-19(29)15-6-8-18(33-2)9-7-15/h3-9,12,14H,10-11,13H2,1-2H3. The van der Waals surface area contributed by atoms with E-state index in [0.29, 0.717) is 11.3 Å². The molecule has 4 rings (SSSR count). The van der Waals surface area contributed by atoms with Crippen molar-refractivity contribution in [3.05, 3.63) is 87.1 Å². The van der Waals surface area contributed by atoms with Gasteiger partial charge in [-0.1, -0.05) is 6.07 Å². The zero-order chi connectivity index (χ0) is 23.5. The summed E-state index contributed by atoms with van der Waals surface area (Å²) in [6.45, 7) is -0.0799. The molecule has 9 nitrogen and oxygen atoms in total. The van der Waals surface area contributed by atoms with Crippen LogP contribution in [0.15, 0.2) is 64.4 Å². The number of imidazole rings is 1. The number of aromatic nitrogens is 4. The van der Waals surface area contributed by atoms with Crippen molar-refractivity contribution in [1.29, 1.82) is 0 Å². The van der Waals surface area contributed by atoms with E-state index in [1.54, 1.807) is 24.3 Å². The van der Waals surface area contributed by atoms with Gasteiger partial charge in [0.25, 0.3) is 5.56 Å². The minimum Gasteiger partial charge on any atom is -0.497 e. The molecule has 0 N–H and O–H groups in total. The molecule has 2 aromatic carbocycles. The lowest BCUT2D eigenvalue weighted by molar-refractivity contribution is 0.0973. The van der Waals surface area contributed by atoms with Crippen LogP contribution < -0.4 is 16.0 Å². The first-order chi connectivity index (χ1) is 15.9. The summed E-state index contributed by atoms with van der Waals surface area (Å²) in [5.74, 6) is -0.195. The van der Waals surface area contributed by atoms with Gasteiger partial charge in [-0.25, -0.2) is 18.7 Å². The number of ketones is 1. The van der Waals surface area contributed by atoms with Crippen LogP contribution in [0.2, 0.25) is 0 Å². The minimum absolute atomic E-state index is 0.0168. The zero-order valence-corrected chi connectivity index (χ0v) is 18.0. The van der Waals surface area contributed by atoms with E-state index in [4.69, 9.17) is 9.47 Å². The van der Waals surface area contributed by atoms with Crippen LogP contribution in [0.1, 0.15) is 10.4 Å². The van der Waals surface area contributed by atoms with E-state index in [9.17, 15) is 18.8 Å². The molecule has 0 saturated heterocycles. The first-order valence-electron chi connectivity index (χ1n) is 10.1. The average molecular weight is 452 g/mol. The molecule has 10 heteroatoms. The van der Waals surface area contributed by atoms with E-state index in [-0.39, 0.29) is 42.3 Å². The third kappa shape index (κ3) is 4.20. The molecule has 33 heavy (non-hydrogen) atoms. The normalized spacial score (nSPS) is 11.1. The second kappa shape index (κ2) is 9.21. The number of carbonyl (C=O) groups is 1. The molecule has 2 heterocycles. The largest absolute Gasteiger partial charge is 0.497 e. The molecule has 0 aliphatic carbocycles. The molecule has 0 amide bonds. The number of carbonyl (C=O) groups excluding carboxylic acids is 1. The lowest BCUT2D eigenvalue weighted by Crippen LogP contribution is -2.41. The average Bonchev–Trinajstić information content (AvgIpc) is 3.22. The summed E-state index contributed by atoms with van der Waals surface area (Å²) in [4.78, 5) is 43.5. The van der Waals surface area contributed by atoms with Crippen LogP contribution in [-0.2, 0) is 17.8 Å². The molecule has 0 aliphatic rings. The zero-order valence-electron chi connectivity index (χ0n) is 18.0. The molecular formula is C23H21FN4O5. The van der Waals surface area contributed by atoms with E-state index in [1.165, 1.54) is 49.4 Å². The topological polar surface area (TPSA) is 97.3 Å². The van der Waals surface area contributed by atoms with Crippen molar-refractivity contribution >= 4 is 16.9 Å². The number of halogens is 1. The lowest BCUT2D eigenvalue weighted by Gasteiger charge is -2.12. The maximum atomic E-state index is 13.9. The summed E-state index contributed by atoms with van der Waals surface area (Å²) in [6, 6.07) is 12.0. The van der Waals surface area contributed by atoms with Crippen LogP contribution in [0.3, 0.4) is 0 Å². The number of methoxy groups -OCH3 is 2. The van der Waals surface area contributed by atoms with Crippen LogP contribution in [-0.4, -0.2) is 45.3 Å². The number of ether oxygens (including phenoxy) is 2. The van der Waals surface area contributed by atoms with Crippen LogP contribution >= 0.6 is 0 Å². The van der Waals surface area contributed by atoms with Crippen molar-refractivity contribution in [2.24, 2.45) is 0 Å². The Morgan fingerprint density at radius 1 is 1.09 bits per heavy atom. The van der Waals surface area contributed by atoms with Crippen molar-refractivity contribution in [2.75, 3.05) is 20.8 Å². The summed E-state index contributed by atoms with van der Waals surface area (Å²) < 4.78 is 27.6. The van der Waals surface area contributed by atoms with Crippen molar-refractivity contribution in [2.45, 2.75) is 13.1 Å². The number of Topliss-reactive ketones (excluding diaryl/α,β-unsaturated/α-hetero) is 1. The first-order valence-corrected chi connectivity index (χ1v) is 10.1. The number of fused-ring (bicyclic) bond motifs is 1. The number of benzene rings is 2. The smallest absolute Gasteiger partial charge is 0.337 e. The molecule has 0 atom stereocenters. The third-order valence-electron chi connectivity index (χ3n) is 5.21. The molecular weight excluding hydrogens is 431 g/mol. The fraction of sp³-hybridized carbons (Fsp3) is 0.217. The fourth-order valence-corrected chi connectivity index (χ4v) is 3.55. The third-order valence-corrected chi connectivity index (χ3v) is 5.21. The van der Waals surface area contributed by atoms with Crippen molar-refractivity contribution in [3.8, 4) is 11.4 Å². The second-order valence-electron chi connectivity index (χ2n) is 7.24. The summed E-state index contributed by atoms with van der Waals surface area (Å²) in [5, 5.41) is 0. The number of hydrogen-bond acceptors (Lipinski definition) is 6. The van der Waals surface area contributed by atoms with Gasteiger partial charge in [0.15, 0.2) is 16.9 Å². The predicted octanol–water partition coefficient (Wildman–Crippen LogP) is 2.03. The Hall–Kier alpha value is -4.05. The molecule has 4 aromatic rings. The molecule has 2 aromatic heterocycles. The molecule has 0 aliphatic heterocycles. The van der Waals surface area contributed by atoms with Crippen LogP contribution in [0.4, 0.5) is 4.39 Å². The number of nitrogens with zero attached hydrogens (tertiary/aromatic N) is 4. The Morgan fingerprint density at radius 2 is 1.85 bits per heavy atom. The Balaban J connectivity index is 1.87. The van der Waals surface area contributed by atoms with Gasteiger partial charge in [-0.3, -0.25) is 14.2 Å². The Morgan fingerprint density at radius 3 is 2.52 bits per heavy atom. The summed E-state index contributed by atoms with van der Waals surface area (Å²) >= 11 is 0. The van der Waals surface area contributed by atoms with Gasteiger partial charge in [0.1, 0.15) is 11.6 Å². The monoisotopic (exact) mass is 452 g/mol. The summed E-state index contributed by atoms with van der Waals surface area (Å²) in [5.41, 5.74) is -0.566. The SMILES string of the molecule is COCCn1c(=O)c2c(ncn2CC(=O)c2ccc(OC)cc2)n(-c2cccc(F)c2)c1=O. The summed E-state index contributed by atoms with van der Waals surface area (Å²) in [6.07, 6.45) is 1.32. The van der Waals surface area contributed by atoms with Gasteiger partial charge in [-0.2, -0.15) is 0 Å². The van der Waals surface area contributed by atoms with E-state index in [0.717, 1.165) is 9.13 Å². The molecule has 170 valence electrons. The van der Waals surface area contributed by atoms with Crippen molar-refractivity contribution < 1.29 is 18.7 Å². The number of hydrogen-bond donors (Lipinski definition) is 0. The Bertz CT molecular complexity index is 1440. The van der Waals surface area contributed by atoms with Gasteiger partial charge >= 0.3 is 5.69 Å². The van der Waals surface area contributed by atoms with Gasteiger partial charge in [0, 0.05) is 12.7 Å². The molecule has 0 radical (unpaired) electrons. The Labute approximate surface area is 187 Å². The van der Waals surface area contributed by atoms with E-state index in [2.05, 4.69) is 4.98 Å². The first kappa shape index (κ1) is 22.2. The predicted molar refractivity (Wildman–Crippen MR) is 119 cm³/mol. The highest BCUT2D eigenvalue weighted by molar-refractivity contribution is 5.96. The molecule has 0 fully saturated rings. The van der Waals surface area contributed by atoms with Crippen molar-refractivity contribution in [1.82, 2.24) is 18.7 Å². The Kier molecular flexibility index (Phi) is 6.18. The minimum atomic E-state index is -0.679. The molecule has 0 bridgehead atoms. The second-order valence-corrected chi connectivity index (χ2v) is 7.24. The summed E-state index contributed by atoms with van der Waals surface area (Å²) in [7, 11) is 2.98. The van der Waals surface area contributed by atoms with E-state index in [1.807, 2.05) is 0 Å². The highest BCUT2D eigenvalue weighted by Crippen LogP contribution is 2.16. The lowest BCUT2D eigenvalue weighted by atomic mass is 10.1. The van der Waals surface area contributed by atoms with E-state index < -0.39 is 17.1 Å². The van der Waals surface area contributed by atoms with Gasteiger partial charge in [0.2, 0.25) is 0 Å². The van der Waals surface area contributed by atoms with Crippen LogP contribution in [0, 0.1) is 5.82 Å². The van der Waals surface area contributed by atoms with Crippen LogP contribution in [0.5, 0.6) is 5.75 Å². The highest BCUT2D eigenvalue weighted by Gasteiger charge is 2.20. The highest BCUT2D eigenvalue weighted by atomic mass is 19.1. The van der Waals surface area contributed by atoms with Gasteiger partial charge in [0.05, 0.1) is 38.8 Å². The van der Waals surface area contributed by atoms with Crippen molar-refractivity contribution in [3.63, 3.8) is 0 Å². The van der Waals surface area contributed by atoms with Crippen LogP contribution in [0.25, 0.3) is 16.9 Å². The van der Waals surface area contributed by atoms with Gasteiger partial charge in [-0.15, -0.1) is 0 Å². The molecule has 0 unspecified atom stereocenters. The quantitative estimate of drug-likeness (QED) is 0.380. The maximum Gasteiger partial charge on any atom is 0.337 e. The molecule has 0 spiro atoms.